The Labute approximate surface area is 147 Å². The number of likely N-dealkylation sites (tertiary alicyclic amines) is 1. The van der Waals surface area contributed by atoms with Gasteiger partial charge in [-0.05, 0) is 32.8 Å². The van der Waals surface area contributed by atoms with Gasteiger partial charge in [0, 0.05) is 31.0 Å². The fourth-order valence-electron chi connectivity index (χ4n) is 3.77. The average Bonchev–Trinajstić information content (AvgIpc) is 2.92. The van der Waals surface area contributed by atoms with Crippen molar-refractivity contribution in [3.63, 3.8) is 0 Å². The third-order valence-electron chi connectivity index (χ3n) is 4.93. The normalized spacial score (nSPS) is 23.0. The third kappa shape index (κ3) is 3.62. The van der Waals surface area contributed by atoms with Crippen LogP contribution in [0.2, 0.25) is 0 Å². The van der Waals surface area contributed by atoms with Crippen LogP contribution in [0.15, 0.2) is 18.2 Å². The lowest BCUT2D eigenvalue weighted by molar-refractivity contribution is -0.138. The first-order valence-electron chi connectivity index (χ1n) is 8.89. The maximum absolute atomic E-state index is 13.6. The van der Waals surface area contributed by atoms with Crippen LogP contribution < -0.4 is 10.1 Å². The zero-order chi connectivity index (χ0) is 18.2. The summed E-state index contributed by atoms with van der Waals surface area (Å²) in [6.07, 6.45) is 2.47. The van der Waals surface area contributed by atoms with Crippen LogP contribution >= 0.6 is 0 Å². The van der Waals surface area contributed by atoms with Gasteiger partial charge in [-0.2, -0.15) is 0 Å². The van der Waals surface area contributed by atoms with Crippen molar-refractivity contribution < 1.29 is 18.7 Å². The Morgan fingerprint density at radius 1 is 1.48 bits per heavy atom. The molecular formula is C19H25FN2O3. The standard InChI is InChI=1S/C19H25FN2O3/c1-4-15(22-9-5-6-17(22)23)18(24)21-14-11-19(2,3)25-16-10-12(20)7-8-13(14)16/h7-8,10,14-15H,4-6,9,11H2,1-3H3,(H,21,24). The second-order valence-corrected chi connectivity index (χ2v) is 7.42. The molecule has 0 bridgehead atoms. The number of amides is 2. The first kappa shape index (κ1) is 17.7. The van der Waals surface area contributed by atoms with Crippen LogP contribution in [-0.2, 0) is 9.59 Å². The molecule has 1 saturated heterocycles. The smallest absolute Gasteiger partial charge is 0.243 e. The summed E-state index contributed by atoms with van der Waals surface area (Å²) >= 11 is 0. The molecule has 1 fully saturated rings. The molecule has 2 aliphatic rings. The number of carbonyl (C=O) groups is 2. The van der Waals surface area contributed by atoms with Crippen LogP contribution in [0.25, 0.3) is 0 Å². The molecule has 0 radical (unpaired) electrons. The van der Waals surface area contributed by atoms with Gasteiger partial charge in [0.2, 0.25) is 11.8 Å². The predicted molar refractivity (Wildman–Crippen MR) is 91.6 cm³/mol. The number of halogens is 1. The van der Waals surface area contributed by atoms with E-state index < -0.39 is 11.6 Å². The highest BCUT2D eigenvalue weighted by molar-refractivity contribution is 5.88. The Morgan fingerprint density at radius 3 is 2.88 bits per heavy atom. The van der Waals surface area contributed by atoms with Crippen molar-refractivity contribution >= 4 is 11.8 Å². The van der Waals surface area contributed by atoms with Crippen LogP contribution in [0.1, 0.15) is 58.1 Å². The van der Waals surface area contributed by atoms with Gasteiger partial charge in [0.25, 0.3) is 0 Å². The van der Waals surface area contributed by atoms with Crippen molar-refractivity contribution in [3.05, 3.63) is 29.6 Å². The fourth-order valence-corrected chi connectivity index (χ4v) is 3.77. The number of ether oxygens (including phenoxy) is 1. The Morgan fingerprint density at radius 2 is 2.24 bits per heavy atom. The topological polar surface area (TPSA) is 58.6 Å². The summed E-state index contributed by atoms with van der Waals surface area (Å²) in [6, 6.07) is 3.67. The van der Waals surface area contributed by atoms with E-state index in [2.05, 4.69) is 5.32 Å². The van der Waals surface area contributed by atoms with E-state index in [9.17, 15) is 14.0 Å². The average molecular weight is 348 g/mol. The van der Waals surface area contributed by atoms with Gasteiger partial charge < -0.3 is 15.0 Å². The van der Waals surface area contributed by atoms with Gasteiger partial charge in [-0.3, -0.25) is 9.59 Å². The minimum absolute atomic E-state index is 0.0387. The first-order valence-corrected chi connectivity index (χ1v) is 8.89. The van der Waals surface area contributed by atoms with Crippen molar-refractivity contribution in [1.29, 1.82) is 0 Å². The number of carbonyl (C=O) groups excluding carboxylic acids is 2. The zero-order valence-electron chi connectivity index (χ0n) is 15.0. The van der Waals surface area contributed by atoms with Gasteiger partial charge in [0.1, 0.15) is 23.2 Å². The number of nitrogens with zero attached hydrogens (tertiary/aromatic N) is 1. The second kappa shape index (κ2) is 6.65. The summed E-state index contributed by atoms with van der Waals surface area (Å²) in [6.45, 7) is 6.38. The molecule has 2 unspecified atom stereocenters. The maximum Gasteiger partial charge on any atom is 0.243 e. The summed E-state index contributed by atoms with van der Waals surface area (Å²) in [5.74, 6) is -0.0185. The van der Waals surface area contributed by atoms with E-state index in [0.717, 1.165) is 12.0 Å². The molecule has 25 heavy (non-hydrogen) atoms. The van der Waals surface area contributed by atoms with Crippen molar-refractivity contribution in [3.8, 4) is 5.75 Å². The van der Waals surface area contributed by atoms with Crippen molar-refractivity contribution in [2.45, 2.75) is 64.1 Å². The molecule has 3 rings (SSSR count). The SMILES string of the molecule is CCC(C(=O)NC1CC(C)(C)Oc2cc(F)ccc21)N1CCCC1=O. The maximum atomic E-state index is 13.6. The van der Waals surface area contributed by atoms with Gasteiger partial charge in [0.05, 0.1) is 6.04 Å². The van der Waals surface area contributed by atoms with E-state index in [4.69, 9.17) is 4.74 Å². The Bertz CT molecular complexity index is 689. The lowest BCUT2D eigenvalue weighted by Crippen LogP contribution is -2.50. The van der Waals surface area contributed by atoms with Crippen LogP contribution in [0.4, 0.5) is 4.39 Å². The molecule has 1 aromatic rings. The molecule has 2 atom stereocenters. The molecule has 0 spiro atoms. The number of hydrogen-bond donors (Lipinski definition) is 1. The lowest BCUT2D eigenvalue weighted by Gasteiger charge is -2.38. The lowest BCUT2D eigenvalue weighted by atomic mass is 9.89. The highest BCUT2D eigenvalue weighted by atomic mass is 19.1. The largest absolute Gasteiger partial charge is 0.487 e. The van der Waals surface area contributed by atoms with Crippen molar-refractivity contribution in [1.82, 2.24) is 10.2 Å². The van der Waals surface area contributed by atoms with E-state index in [1.807, 2.05) is 20.8 Å². The minimum atomic E-state index is -0.510. The molecule has 6 heteroatoms. The zero-order valence-corrected chi connectivity index (χ0v) is 15.0. The summed E-state index contributed by atoms with van der Waals surface area (Å²) < 4.78 is 19.4. The van der Waals surface area contributed by atoms with Crippen LogP contribution in [0.5, 0.6) is 5.75 Å². The molecule has 5 nitrogen and oxygen atoms in total. The number of rotatable bonds is 4. The summed E-state index contributed by atoms with van der Waals surface area (Å²) in [4.78, 5) is 26.5. The molecule has 2 heterocycles. The second-order valence-electron chi connectivity index (χ2n) is 7.42. The predicted octanol–water partition coefficient (Wildman–Crippen LogP) is 2.95. The molecular weight excluding hydrogens is 323 g/mol. The molecule has 1 aromatic carbocycles. The van der Waals surface area contributed by atoms with Gasteiger partial charge in [0.15, 0.2) is 0 Å². The summed E-state index contributed by atoms with van der Waals surface area (Å²) in [5.41, 5.74) is 0.265. The van der Waals surface area contributed by atoms with Gasteiger partial charge in [-0.25, -0.2) is 4.39 Å². The van der Waals surface area contributed by atoms with E-state index in [0.29, 0.717) is 31.6 Å². The molecule has 2 aliphatic heterocycles. The molecule has 2 amide bonds. The van der Waals surface area contributed by atoms with Gasteiger partial charge in [-0.15, -0.1) is 0 Å². The van der Waals surface area contributed by atoms with Crippen molar-refractivity contribution in [2.24, 2.45) is 0 Å². The Balaban J connectivity index is 1.81. The monoisotopic (exact) mass is 348 g/mol. The van der Waals surface area contributed by atoms with Crippen LogP contribution in [0.3, 0.4) is 0 Å². The van der Waals surface area contributed by atoms with E-state index >= 15 is 0 Å². The third-order valence-corrected chi connectivity index (χ3v) is 4.93. The molecule has 0 saturated carbocycles. The quantitative estimate of drug-likeness (QED) is 0.910. The number of nitrogens with one attached hydrogen (secondary N) is 1. The summed E-state index contributed by atoms with van der Waals surface area (Å²) in [5, 5.41) is 3.06. The fraction of sp³-hybridized carbons (Fsp3) is 0.579. The molecule has 0 aliphatic carbocycles. The molecule has 0 aromatic heterocycles. The molecule has 136 valence electrons. The first-order chi connectivity index (χ1) is 11.8. The van der Waals surface area contributed by atoms with Crippen LogP contribution in [0, 0.1) is 5.82 Å². The minimum Gasteiger partial charge on any atom is -0.487 e. The highest BCUT2D eigenvalue weighted by Gasteiger charge is 2.37. The van der Waals surface area contributed by atoms with Gasteiger partial charge >= 0.3 is 0 Å². The molecule has 1 N–H and O–H groups in total. The van der Waals surface area contributed by atoms with Crippen molar-refractivity contribution in [2.75, 3.05) is 6.54 Å². The van der Waals surface area contributed by atoms with Crippen LogP contribution in [-0.4, -0.2) is 34.9 Å². The van der Waals surface area contributed by atoms with E-state index in [1.54, 1.807) is 11.0 Å². The number of hydrogen-bond acceptors (Lipinski definition) is 3. The van der Waals surface area contributed by atoms with E-state index in [-0.39, 0.29) is 23.7 Å². The number of benzene rings is 1. The van der Waals surface area contributed by atoms with Gasteiger partial charge in [-0.1, -0.05) is 13.0 Å². The Hall–Kier alpha value is -2.11. The number of fused-ring (bicyclic) bond motifs is 1. The summed E-state index contributed by atoms with van der Waals surface area (Å²) in [7, 11) is 0. The van der Waals surface area contributed by atoms with E-state index in [1.165, 1.54) is 12.1 Å². The Kier molecular flexibility index (Phi) is 4.71. The highest BCUT2D eigenvalue weighted by Crippen LogP contribution is 2.39.